The number of phenols is 1. The topological polar surface area (TPSA) is 211 Å². The molecule has 5 atom stereocenters. The molecule has 0 saturated carbocycles. The number of imidazole rings is 1. The summed E-state index contributed by atoms with van der Waals surface area (Å²) in [6, 6.07) is 1.24. The number of phenolic OH excluding ortho intramolecular Hbond substituents is 1. The number of nitrogens with one attached hydrogen (secondary N) is 3. The van der Waals surface area contributed by atoms with Crippen LogP contribution in [0.25, 0.3) is 0 Å². The number of likely N-dealkylation sites (tertiary alicyclic amines) is 1. The van der Waals surface area contributed by atoms with Crippen LogP contribution in [0.2, 0.25) is 0 Å². The van der Waals surface area contributed by atoms with Gasteiger partial charge in [-0.05, 0) is 37.5 Å². The highest BCUT2D eigenvalue weighted by atomic mass is 16.4. The van der Waals surface area contributed by atoms with E-state index >= 15 is 0 Å². The third-order valence-electron chi connectivity index (χ3n) is 6.20. The van der Waals surface area contributed by atoms with Crippen LogP contribution in [-0.4, -0.2) is 90.7 Å². The summed E-state index contributed by atoms with van der Waals surface area (Å²) < 4.78 is 0. The van der Waals surface area contributed by atoms with E-state index in [0.717, 1.165) is 0 Å². The van der Waals surface area contributed by atoms with E-state index in [0.29, 0.717) is 30.6 Å². The summed E-state index contributed by atoms with van der Waals surface area (Å²) in [7, 11) is 0. The van der Waals surface area contributed by atoms with Gasteiger partial charge in [-0.15, -0.1) is 0 Å². The fourth-order valence-corrected chi connectivity index (χ4v) is 4.22. The van der Waals surface area contributed by atoms with Crippen LogP contribution in [0, 0.1) is 0 Å². The molecule has 0 spiro atoms. The summed E-state index contributed by atoms with van der Waals surface area (Å²) in [5.41, 5.74) is 7.28. The Morgan fingerprint density at radius 1 is 1.19 bits per heavy atom. The van der Waals surface area contributed by atoms with Crippen molar-refractivity contribution in [2.24, 2.45) is 5.73 Å². The molecule has 1 aliphatic heterocycles. The molecule has 3 amide bonds. The number of nitrogens with two attached hydrogens (primary N) is 1. The van der Waals surface area contributed by atoms with Gasteiger partial charge in [-0.3, -0.25) is 14.4 Å². The molecule has 1 saturated heterocycles. The van der Waals surface area contributed by atoms with Gasteiger partial charge in [0.1, 0.15) is 23.9 Å². The number of rotatable bonds is 11. The Morgan fingerprint density at radius 2 is 1.89 bits per heavy atom. The molecule has 13 nitrogen and oxygen atoms in total. The van der Waals surface area contributed by atoms with Gasteiger partial charge in [-0.25, -0.2) is 9.78 Å². The molecule has 1 aromatic heterocycles. The van der Waals surface area contributed by atoms with Crippen LogP contribution in [0.5, 0.6) is 5.75 Å². The Hall–Kier alpha value is -3.97. The van der Waals surface area contributed by atoms with Gasteiger partial charge in [-0.1, -0.05) is 12.1 Å². The van der Waals surface area contributed by atoms with Crippen LogP contribution >= 0.6 is 0 Å². The van der Waals surface area contributed by atoms with Crippen molar-refractivity contribution < 1.29 is 34.5 Å². The SMILES string of the molecule is CC(O)C(NC(=O)C1CCCN1C(=O)C(N)Cc1cnc[nH]1)C(=O)NC(Cc1ccc(O)cc1)C(=O)O. The second kappa shape index (κ2) is 12.3. The van der Waals surface area contributed by atoms with Gasteiger partial charge in [0.05, 0.1) is 18.5 Å². The molecular formula is C24H32N6O7. The molecule has 1 fully saturated rings. The zero-order chi connectivity index (χ0) is 27.1. The number of aliphatic hydroxyl groups is 1. The highest BCUT2D eigenvalue weighted by Crippen LogP contribution is 2.19. The van der Waals surface area contributed by atoms with Gasteiger partial charge in [-0.2, -0.15) is 0 Å². The van der Waals surface area contributed by atoms with E-state index in [1.807, 2.05) is 0 Å². The maximum Gasteiger partial charge on any atom is 0.326 e. The van der Waals surface area contributed by atoms with E-state index in [4.69, 9.17) is 5.73 Å². The van der Waals surface area contributed by atoms with Gasteiger partial charge >= 0.3 is 5.97 Å². The molecule has 2 heterocycles. The predicted octanol–water partition coefficient (Wildman–Crippen LogP) is -1.35. The molecule has 200 valence electrons. The molecule has 2 aromatic rings. The average Bonchev–Trinajstić information content (AvgIpc) is 3.54. The van der Waals surface area contributed by atoms with Gasteiger partial charge in [0, 0.05) is 31.3 Å². The zero-order valence-electron chi connectivity index (χ0n) is 20.3. The van der Waals surface area contributed by atoms with Crippen LogP contribution in [0.1, 0.15) is 31.0 Å². The lowest BCUT2D eigenvalue weighted by molar-refractivity contribution is -0.144. The number of hydrogen-bond acceptors (Lipinski definition) is 8. The quantitative estimate of drug-likeness (QED) is 0.188. The lowest BCUT2D eigenvalue weighted by atomic mass is 10.0. The molecule has 13 heteroatoms. The Labute approximate surface area is 213 Å². The number of carboxylic acid groups (broad SMARTS) is 1. The van der Waals surface area contributed by atoms with E-state index in [2.05, 4.69) is 20.6 Å². The van der Waals surface area contributed by atoms with Crippen molar-refractivity contribution in [2.75, 3.05) is 6.54 Å². The zero-order valence-corrected chi connectivity index (χ0v) is 20.3. The standard InChI is InChI=1S/C24H32N6O7/c1-13(31)20(22(34)28-18(24(36)37)9-14-4-6-16(32)7-5-14)29-21(33)19-3-2-8-30(19)23(35)17(25)10-15-11-26-12-27-15/h4-7,11-13,17-20,31-32H,2-3,8-10,25H2,1H3,(H,26,27)(H,28,34)(H,29,33)(H,36,37). The fourth-order valence-electron chi connectivity index (χ4n) is 4.22. The first kappa shape index (κ1) is 27.6. The van der Waals surface area contributed by atoms with Crippen molar-refractivity contribution in [3.05, 3.63) is 48.0 Å². The highest BCUT2D eigenvalue weighted by molar-refractivity contribution is 5.94. The van der Waals surface area contributed by atoms with E-state index in [1.54, 1.807) is 6.20 Å². The third kappa shape index (κ3) is 7.27. The minimum atomic E-state index is -1.45. The second-order valence-electron chi connectivity index (χ2n) is 9.07. The average molecular weight is 517 g/mol. The van der Waals surface area contributed by atoms with E-state index in [-0.39, 0.29) is 18.6 Å². The van der Waals surface area contributed by atoms with Crippen LogP contribution < -0.4 is 16.4 Å². The molecule has 1 aromatic carbocycles. The molecule has 37 heavy (non-hydrogen) atoms. The summed E-state index contributed by atoms with van der Waals surface area (Å²) >= 11 is 0. The summed E-state index contributed by atoms with van der Waals surface area (Å²) in [5.74, 6) is -3.26. The number of benzene rings is 1. The van der Waals surface area contributed by atoms with Crippen LogP contribution in [0.3, 0.4) is 0 Å². The lowest BCUT2D eigenvalue weighted by Crippen LogP contribution is -2.59. The van der Waals surface area contributed by atoms with Crippen molar-refractivity contribution >= 4 is 23.7 Å². The minimum Gasteiger partial charge on any atom is -0.508 e. The molecule has 5 unspecified atom stereocenters. The van der Waals surface area contributed by atoms with Crippen molar-refractivity contribution in [3.63, 3.8) is 0 Å². The van der Waals surface area contributed by atoms with Crippen molar-refractivity contribution in [1.82, 2.24) is 25.5 Å². The van der Waals surface area contributed by atoms with Crippen LogP contribution in [0.15, 0.2) is 36.8 Å². The molecule has 0 aliphatic carbocycles. The van der Waals surface area contributed by atoms with Crippen LogP contribution in [0.4, 0.5) is 0 Å². The van der Waals surface area contributed by atoms with E-state index in [1.165, 1.54) is 42.4 Å². The van der Waals surface area contributed by atoms with Gasteiger partial charge in [0.25, 0.3) is 0 Å². The fraction of sp³-hybridized carbons (Fsp3) is 0.458. The summed E-state index contributed by atoms with van der Waals surface area (Å²) in [5, 5.41) is 34.0. The number of aromatic amines is 1. The van der Waals surface area contributed by atoms with Crippen molar-refractivity contribution in [2.45, 2.75) is 62.9 Å². The van der Waals surface area contributed by atoms with Gasteiger partial charge < -0.3 is 41.6 Å². The smallest absolute Gasteiger partial charge is 0.326 e. The number of nitrogens with zero attached hydrogens (tertiary/aromatic N) is 2. The van der Waals surface area contributed by atoms with E-state index in [9.17, 15) is 34.5 Å². The normalized spacial score (nSPS) is 18.5. The summed E-state index contributed by atoms with van der Waals surface area (Å²) in [4.78, 5) is 58.8. The van der Waals surface area contributed by atoms with Gasteiger partial charge in [0.2, 0.25) is 17.7 Å². The minimum absolute atomic E-state index is 0.0123. The summed E-state index contributed by atoms with van der Waals surface area (Å²) in [6.45, 7) is 1.60. The Bertz CT molecular complexity index is 1090. The Kier molecular flexibility index (Phi) is 9.20. The van der Waals surface area contributed by atoms with Gasteiger partial charge in [0.15, 0.2) is 0 Å². The number of carbonyl (C=O) groups excluding carboxylic acids is 3. The molecule has 3 rings (SSSR count). The first-order valence-electron chi connectivity index (χ1n) is 11.9. The highest BCUT2D eigenvalue weighted by Gasteiger charge is 2.39. The number of amides is 3. The number of aromatic nitrogens is 2. The Morgan fingerprint density at radius 3 is 2.49 bits per heavy atom. The monoisotopic (exact) mass is 516 g/mol. The largest absolute Gasteiger partial charge is 0.508 e. The van der Waals surface area contributed by atoms with Crippen LogP contribution in [-0.2, 0) is 32.0 Å². The number of carbonyl (C=O) groups is 4. The summed E-state index contributed by atoms with van der Waals surface area (Å²) in [6.07, 6.45) is 2.71. The van der Waals surface area contributed by atoms with Crippen molar-refractivity contribution in [1.29, 1.82) is 0 Å². The number of aromatic hydroxyl groups is 1. The first-order chi connectivity index (χ1) is 17.6. The van der Waals surface area contributed by atoms with E-state index < -0.39 is 54.0 Å². The number of H-pyrrole nitrogens is 1. The number of hydrogen-bond donors (Lipinski definition) is 7. The Balaban J connectivity index is 1.64. The lowest BCUT2D eigenvalue weighted by Gasteiger charge is -2.29. The number of aliphatic carboxylic acids is 1. The van der Waals surface area contributed by atoms with Crippen molar-refractivity contribution in [3.8, 4) is 5.75 Å². The molecule has 0 bridgehead atoms. The number of carboxylic acids is 1. The maximum absolute atomic E-state index is 13.1. The number of aliphatic hydroxyl groups excluding tert-OH is 1. The molecule has 8 N–H and O–H groups in total. The molecule has 0 radical (unpaired) electrons. The second-order valence-corrected chi connectivity index (χ2v) is 9.07. The molecule has 1 aliphatic rings. The predicted molar refractivity (Wildman–Crippen MR) is 130 cm³/mol. The first-order valence-corrected chi connectivity index (χ1v) is 11.9. The third-order valence-corrected chi connectivity index (χ3v) is 6.20. The molecular weight excluding hydrogens is 484 g/mol. The maximum atomic E-state index is 13.1.